The molecule has 0 saturated carbocycles. The molecule has 9 heteroatoms. The number of aliphatic imine (C=N–C) groups is 1. The zero-order chi connectivity index (χ0) is 19.3. The Labute approximate surface area is 155 Å². The van der Waals surface area contributed by atoms with Crippen LogP contribution in [0, 0.1) is 5.92 Å². The number of imide groups is 1. The predicted octanol–water partition coefficient (Wildman–Crippen LogP) is 0.271. The lowest BCUT2D eigenvalue weighted by Crippen LogP contribution is -2.64. The minimum absolute atomic E-state index is 0.257. The third-order valence-corrected chi connectivity index (χ3v) is 4.99. The number of carbonyl (C=O) groups excluding carboxylic acids is 2. The monoisotopic (exact) mass is 370 g/mol. The van der Waals surface area contributed by atoms with E-state index >= 15 is 0 Å². The summed E-state index contributed by atoms with van der Waals surface area (Å²) in [6.45, 7) is 2.77. The number of carboxylic acids is 1. The lowest BCUT2D eigenvalue weighted by Gasteiger charge is -2.34. The smallest absolute Gasteiger partial charge is 0.397 e. The Hall–Kier alpha value is -3.23. The van der Waals surface area contributed by atoms with Gasteiger partial charge in [-0.05, 0) is 12.1 Å². The molecule has 3 amide bonds. The summed E-state index contributed by atoms with van der Waals surface area (Å²) in [5.74, 6) is -0.560. The van der Waals surface area contributed by atoms with E-state index in [1.807, 2.05) is 39.8 Å². The van der Waals surface area contributed by atoms with E-state index in [4.69, 9.17) is 5.11 Å². The van der Waals surface area contributed by atoms with Crippen molar-refractivity contribution in [3.05, 3.63) is 30.3 Å². The highest BCUT2D eigenvalue weighted by molar-refractivity contribution is 6.24. The topological polar surface area (TPSA) is 96.5 Å². The second-order valence-corrected chi connectivity index (χ2v) is 7.04. The van der Waals surface area contributed by atoms with Gasteiger partial charge in [-0.1, -0.05) is 30.1 Å². The maximum atomic E-state index is 13.0. The highest BCUT2D eigenvalue weighted by atomic mass is 16.4. The number of rotatable bonds is 3. The lowest BCUT2D eigenvalue weighted by atomic mass is 10.1. The van der Waals surface area contributed by atoms with Crippen LogP contribution in [0.2, 0.25) is 0 Å². The number of carbonyl (C=O) groups is 3. The van der Waals surface area contributed by atoms with Crippen LogP contribution in [0.1, 0.15) is 6.92 Å². The van der Waals surface area contributed by atoms with Gasteiger partial charge in [0.1, 0.15) is 12.2 Å². The number of likely N-dealkylation sites (N-methyl/N-ethyl adjacent to an activating group) is 1. The van der Waals surface area contributed by atoms with Gasteiger partial charge in [-0.15, -0.1) is 0 Å². The van der Waals surface area contributed by atoms with Gasteiger partial charge in [-0.3, -0.25) is 14.5 Å². The number of carboxylic acid groups (broad SMARTS) is 1. The fourth-order valence-electron chi connectivity index (χ4n) is 3.80. The Morgan fingerprint density at radius 2 is 2.00 bits per heavy atom. The second kappa shape index (κ2) is 6.19. The summed E-state index contributed by atoms with van der Waals surface area (Å²) >= 11 is 0. The van der Waals surface area contributed by atoms with Crippen LogP contribution in [0.5, 0.6) is 0 Å². The van der Waals surface area contributed by atoms with Crippen molar-refractivity contribution < 1.29 is 24.1 Å². The number of nitrogens with zero attached hydrogens (tertiary/aromatic N) is 5. The summed E-state index contributed by atoms with van der Waals surface area (Å²) < 4.78 is 1.87. The summed E-state index contributed by atoms with van der Waals surface area (Å²) in [6.07, 6.45) is 0. The van der Waals surface area contributed by atoms with E-state index in [1.165, 1.54) is 11.9 Å². The van der Waals surface area contributed by atoms with Crippen molar-refractivity contribution in [3.63, 3.8) is 0 Å². The first-order valence-electron chi connectivity index (χ1n) is 8.74. The first kappa shape index (κ1) is 17.2. The van der Waals surface area contributed by atoms with Gasteiger partial charge in [0.05, 0.1) is 13.1 Å². The summed E-state index contributed by atoms with van der Waals surface area (Å²) in [5, 5.41) is 9.07. The Kier molecular flexibility index (Phi) is 3.94. The fraction of sp³-hybridized carbons (Fsp3) is 0.389. The van der Waals surface area contributed by atoms with Crippen LogP contribution in [0.4, 0.5) is 10.5 Å². The number of amidine groups is 1. The summed E-state index contributed by atoms with van der Waals surface area (Å²) in [7, 11) is 1.52. The van der Waals surface area contributed by atoms with Gasteiger partial charge < -0.3 is 5.11 Å². The first-order chi connectivity index (χ1) is 12.9. The molecule has 0 spiro atoms. The van der Waals surface area contributed by atoms with Gasteiger partial charge in [0.2, 0.25) is 11.9 Å². The van der Waals surface area contributed by atoms with Crippen LogP contribution < -0.4 is 4.90 Å². The molecule has 0 radical (unpaired) electrons. The minimum atomic E-state index is -1.23. The van der Waals surface area contributed by atoms with Crippen molar-refractivity contribution in [2.75, 3.05) is 31.6 Å². The van der Waals surface area contributed by atoms with Crippen LogP contribution >= 0.6 is 0 Å². The van der Waals surface area contributed by atoms with Crippen molar-refractivity contribution >= 4 is 35.4 Å². The van der Waals surface area contributed by atoms with E-state index in [1.54, 1.807) is 0 Å². The molecule has 1 aromatic rings. The molecular weight excluding hydrogens is 350 g/mol. The molecule has 27 heavy (non-hydrogen) atoms. The number of hydrogen-bond donors (Lipinski definition) is 1. The fourth-order valence-corrected chi connectivity index (χ4v) is 3.80. The van der Waals surface area contributed by atoms with Crippen molar-refractivity contribution in [3.8, 4) is 0 Å². The number of urea groups is 1. The average molecular weight is 370 g/mol. The molecule has 0 aliphatic carbocycles. The zero-order valence-corrected chi connectivity index (χ0v) is 15.1. The Bertz CT molecular complexity index is 894. The Balaban J connectivity index is 1.78. The molecule has 140 valence electrons. The average Bonchev–Trinajstić information content (AvgIpc) is 3.03. The van der Waals surface area contributed by atoms with Crippen molar-refractivity contribution in [2.45, 2.75) is 13.0 Å². The Morgan fingerprint density at radius 3 is 2.67 bits per heavy atom. The molecule has 1 fully saturated rings. The summed E-state index contributed by atoms with van der Waals surface area (Å²) in [5.41, 5.74) is 0.955. The molecule has 9 nitrogen and oxygen atoms in total. The van der Waals surface area contributed by atoms with Crippen LogP contribution in [-0.4, -0.2) is 81.9 Å². The first-order valence-corrected chi connectivity index (χ1v) is 8.74. The molecule has 0 aromatic heterocycles. The van der Waals surface area contributed by atoms with Crippen LogP contribution in [-0.2, 0) is 9.59 Å². The largest absolute Gasteiger partial charge is 0.480 e. The van der Waals surface area contributed by atoms with Gasteiger partial charge in [-0.2, -0.15) is 0 Å². The molecular formula is C18H20N5O4+. The van der Waals surface area contributed by atoms with Crippen molar-refractivity contribution in [1.29, 1.82) is 0 Å². The second-order valence-electron chi connectivity index (χ2n) is 7.04. The number of amides is 3. The summed E-state index contributed by atoms with van der Waals surface area (Å²) in [4.78, 5) is 45.3. The Morgan fingerprint density at radius 1 is 1.30 bits per heavy atom. The number of anilines is 1. The molecule has 3 aliphatic rings. The number of hydrogen-bond acceptors (Lipinski definition) is 5. The molecule has 4 rings (SSSR count). The van der Waals surface area contributed by atoms with Crippen LogP contribution in [0.25, 0.3) is 0 Å². The third-order valence-electron chi connectivity index (χ3n) is 4.99. The molecule has 0 bridgehead atoms. The standard InChI is InChI=1S/C18H19N5O4/c1-11-8-21(12-6-4-3-5-7-12)17-19-15-14(22(17)9-11)16(26)23(10-13(24)25)18(27)20(15)2/h3-7,11,14H,8-10H2,1-2H3/p+1. The quantitative estimate of drug-likeness (QED) is 0.771. The number of fused-ring (bicyclic) bond motifs is 2. The number of aliphatic carboxylic acids is 1. The molecule has 3 aliphatic heterocycles. The number of guanidine groups is 1. The molecule has 1 N–H and O–H groups in total. The molecule has 2 unspecified atom stereocenters. The number of benzene rings is 1. The predicted molar refractivity (Wildman–Crippen MR) is 96.8 cm³/mol. The van der Waals surface area contributed by atoms with E-state index in [2.05, 4.69) is 11.9 Å². The third kappa shape index (κ3) is 2.66. The number of para-hydroxylation sites is 1. The van der Waals surface area contributed by atoms with Gasteiger partial charge in [-0.25, -0.2) is 19.2 Å². The van der Waals surface area contributed by atoms with Gasteiger partial charge in [0.15, 0.2) is 0 Å². The van der Waals surface area contributed by atoms with Crippen molar-refractivity contribution in [1.82, 2.24) is 9.80 Å². The van der Waals surface area contributed by atoms with E-state index in [0.29, 0.717) is 18.3 Å². The van der Waals surface area contributed by atoms with E-state index in [9.17, 15) is 14.4 Å². The van der Waals surface area contributed by atoms with Crippen molar-refractivity contribution in [2.24, 2.45) is 10.9 Å². The highest BCUT2D eigenvalue weighted by Gasteiger charge is 2.55. The minimum Gasteiger partial charge on any atom is -0.480 e. The SMILES string of the molecule is CC1CN(c2ccccc2)C2=[N+](C1)C1C(=O)N(CC(=O)O)C(=O)N(C)C1=N2. The van der Waals surface area contributed by atoms with E-state index < -0.39 is 30.5 Å². The lowest BCUT2D eigenvalue weighted by molar-refractivity contribution is -0.545. The molecule has 1 aromatic carbocycles. The molecule has 2 atom stereocenters. The van der Waals surface area contributed by atoms with Crippen LogP contribution in [0.15, 0.2) is 35.3 Å². The van der Waals surface area contributed by atoms with E-state index in [0.717, 1.165) is 17.1 Å². The normalized spacial score (nSPS) is 24.8. The molecule has 1 saturated heterocycles. The van der Waals surface area contributed by atoms with E-state index in [-0.39, 0.29) is 5.92 Å². The zero-order valence-electron chi connectivity index (χ0n) is 15.1. The van der Waals surface area contributed by atoms with Gasteiger partial charge in [0, 0.05) is 13.0 Å². The molecule has 3 heterocycles. The highest BCUT2D eigenvalue weighted by Crippen LogP contribution is 2.27. The van der Waals surface area contributed by atoms with Gasteiger partial charge in [0.25, 0.3) is 5.91 Å². The van der Waals surface area contributed by atoms with Gasteiger partial charge >= 0.3 is 18.0 Å². The van der Waals surface area contributed by atoms with Crippen LogP contribution in [0.3, 0.4) is 0 Å². The summed E-state index contributed by atoms with van der Waals surface area (Å²) in [6, 6.07) is 8.29. The maximum absolute atomic E-state index is 13.0. The maximum Gasteiger partial charge on any atom is 0.397 e.